The molecule has 0 spiro atoms. The van der Waals surface area contributed by atoms with Gasteiger partial charge in [-0.2, -0.15) is 18.3 Å². The predicted molar refractivity (Wildman–Crippen MR) is 70.5 cm³/mol. The van der Waals surface area contributed by atoms with Gasteiger partial charge in [0.15, 0.2) is 11.5 Å². The van der Waals surface area contributed by atoms with E-state index in [1.165, 1.54) is 24.3 Å². The summed E-state index contributed by atoms with van der Waals surface area (Å²) in [6.07, 6.45) is -3.01. The van der Waals surface area contributed by atoms with Crippen LogP contribution in [0, 0.1) is 0 Å². The Morgan fingerprint density at radius 2 is 2.26 bits per heavy atom. The maximum absolute atomic E-state index is 13.1. The summed E-state index contributed by atoms with van der Waals surface area (Å²) in [5.41, 5.74) is -0.616. The molecule has 0 bridgehead atoms. The minimum atomic E-state index is -4.59. The monoisotopic (exact) mass is 330 g/mol. The summed E-state index contributed by atoms with van der Waals surface area (Å²) < 4.78 is 50.0. The first-order valence-electron chi connectivity index (χ1n) is 6.78. The van der Waals surface area contributed by atoms with E-state index >= 15 is 0 Å². The SMILES string of the molecule is CN(C(=O)Cn1nc(C(F)(F)F)c2c1CCOC2)c1ccon1. The van der Waals surface area contributed by atoms with Crippen molar-refractivity contribution >= 4 is 11.7 Å². The molecule has 0 atom stereocenters. The van der Waals surface area contributed by atoms with Crippen LogP contribution in [0.5, 0.6) is 0 Å². The molecule has 1 amide bonds. The lowest BCUT2D eigenvalue weighted by Gasteiger charge is -2.17. The lowest BCUT2D eigenvalue weighted by molar-refractivity contribution is -0.143. The van der Waals surface area contributed by atoms with Gasteiger partial charge in [-0.25, -0.2) is 0 Å². The smallest absolute Gasteiger partial charge is 0.376 e. The van der Waals surface area contributed by atoms with E-state index in [0.29, 0.717) is 12.3 Å². The molecule has 124 valence electrons. The number of ether oxygens (including phenoxy) is 1. The molecule has 2 aromatic rings. The molecule has 2 aromatic heterocycles. The number of alkyl halides is 3. The van der Waals surface area contributed by atoms with E-state index in [9.17, 15) is 18.0 Å². The number of carbonyl (C=O) groups is 1. The second-order valence-corrected chi connectivity index (χ2v) is 5.04. The van der Waals surface area contributed by atoms with Crippen molar-refractivity contribution in [1.29, 1.82) is 0 Å². The maximum atomic E-state index is 13.1. The van der Waals surface area contributed by atoms with Crippen molar-refractivity contribution in [2.24, 2.45) is 0 Å². The first-order chi connectivity index (χ1) is 10.9. The van der Waals surface area contributed by atoms with Gasteiger partial charge in [0.05, 0.1) is 13.2 Å². The molecule has 7 nitrogen and oxygen atoms in total. The van der Waals surface area contributed by atoms with Crippen LogP contribution < -0.4 is 4.90 Å². The fraction of sp³-hybridized carbons (Fsp3) is 0.462. The van der Waals surface area contributed by atoms with E-state index in [2.05, 4.69) is 14.8 Å². The molecule has 10 heteroatoms. The average molecular weight is 330 g/mol. The molecule has 0 N–H and O–H groups in total. The van der Waals surface area contributed by atoms with Crippen molar-refractivity contribution < 1.29 is 27.2 Å². The molecule has 0 saturated heterocycles. The molecule has 0 radical (unpaired) electrons. The Morgan fingerprint density at radius 1 is 1.48 bits per heavy atom. The number of amides is 1. The van der Waals surface area contributed by atoms with Gasteiger partial charge in [-0.15, -0.1) is 0 Å². The molecule has 0 fully saturated rings. The summed E-state index contributed by atoms with van der Waals surface area (Å²) in [6.45, 7) is -0.178. The quantitative estimate of drug-likeness (QED) is 0.855. The first-order valence-corrected chi connectivity index (χ1v) is 6.78. The zero-order chi connectivity index (χ0) is 16.6. The van der Waals surface area contributed by atoms with Crippen molar-refractivity contribution in [3.63, 3.8) is 0 Å². The lowest BCUT2D eigenvalue weighted by atomic mass is 10.1. The second-order valence-electron chi connectivity index (χ2n) is 5.04. The van der Waals surface area contributed by atoms with E-state index in [-0.39, 0.29) is 31.0 Å². The van der Waals surface area contributed by atoms with Gasteiger partial charge in [0.1, 0.15) is 12.8 Å². The van der Waals surface area contributed by atoms with E-state index in [1.807, 2.05) is 0 Å². The summed E-state index contributed by atoms with van der Waals surface area (Å²) in [5.74, 6) is -0.181. The van der Waals surface area contributed by atoms with Gasteiger partial charge in [-0.05, 0) is 0 Å². The molecular weight excluding hydrogens is 317 g/mol. The third-order valence-corrected chi connectivity index (χ3v) is 3.59. The highest BCUT2D eigenvalue weighted by Gasteiger charge is 2.40. The third-order valence-electron chi connectivity index (χ3n) is 3.59. The van der Waals surface area contributed by atoms with Crippen LogP contribution in [0.15, 0.2) is 16.9 Å². The average Bonchev–Trinajstić information content (AvgIpc) is 3.14. The van der Waals surface area contributed by atoms with Crippen molar-refractivity contribution in [3.05, 3.63) is 29.3 Å². The van der Waals surface area contributed by atoms with Crippen LogP contribution in [0.3, 0.4) is 0 Å². The lowest BCUT2D eigenvalue weighted by Crippen LogP contribution is -2.31. The number of hydrogen-bond donors (Lipinski definition) is 0. The van der Waals surface area contributed by atoms with Crippen molar-refractivity contribution in [1.82, 2.24) is 14.9 Å². The molecule has 3 heterocycles. The molecular formula is C13H13F3N4O3. The van der Waals surface area contributed by atoms with Crippen LogP contribution in [-0.2, 0) is 35.3 Å². The van der Waals surface area contributed by atoms with Crippen LogP contribution in [0.1, 0.15) is 17.0 Å². The number of aromatic nitrogens is 3. The molecule has 1 aliphatic rings. The summed E-state index contributed by atoms with van der Waals surface area (Å²) >= 11 is 0. The standard InChI is InChI=1S/C13H13F3N4O3/c1-19(10-3-5-23-18-10)11(21)6-20-9-2-4-22-7-8(9)12(17-20)13(14,15)16/h3,5H,2,4,6-7H2,1H3. The summed E-state index contributed by atoms with van der Waals surface area (Å²) in [6, 6.07) is 1.48. The predicted octanol–water partition coefficient (Wildman–Crippen LogP) is 1.63. The maximum Gasteiger partial charge on any atom is 0.435 e. The van der Waals surface area contributed by atoms with E-state index in [0.717, 1.165) is 4.68 Å². The Hall–Kier alpha value is -2.36. The highest BCUT2D eigenvalue weighted by molar-refractivity contribution is 5.91. The van der Waals surface area contributed by atoms with Crippen molar-refractivity contribution in [2.45, 2.75) is 25.7 Å². The van der Waals surface area contributed by atoms with Gasteiger partial charge < -0.3 is 9.26 Å². The summed E-state index contributed by atoms with van der Waals surface area (Å²) in [5, 5.41) is 7.20. The molecule has 1 aliphatic heterocycles. The first kappa shape index (κ1) is 15.5. The van der Waals surface area contributed by atoms with E-state index < -0.39 is 17.8 Å². The Morgan fingerprint density at radius 3 is 2.91 bits per heavy atom. The van der Waals surface area contributed by atoms with Crippen LogP contribution in [0.25, 0.3) is 0 Å². The summed E-state index contributed by atoms with van der Waals surface area (Å²) in [7, 11) is 1.46. The molecule has 0 aromatic carbocycles. The van der Waals surface area contributed by atoms with E-state index in [4.69, 9.17) is 4.74 Å². The van der Waals surface area contributed by atoms with Crippen LogP contribution in [0.4, 0.5) is 19.0 Å². The second kappa shape index (κ2) is 5.69. The van der Waals surface area contributed by atoms with Crippen LogP contribution in [0.2, 0.25) is 0 Å². The zero-order valence-electron chi connectivity index (χ0n) is 12.1. The van der Waals surface area contributed by atoms with Gasteiger partial charge in [0.2, 0.25) is 5.91 Å². The zero-order valence-corrected chi connectivity index (χ0v) is 12.1. The largest absolute Gasteiger partial charge is 0.435 e. The topological polar surface area (TPSA) is 73.4 Å². The molecule has 23 heavy (non-hydrogen) atoms. The minimum Gasteiger partial charge on any atom is -0.376 e. The number of anilines is 1. The fourth-order valence-corrected chi connectivity index (χ4v) is 2.41. The summed E-state index contributed by atoms with van der Waals surface area (Å²) in [4.78, 5) is 13.4. The number of nitrogens with zero attached hydrogens (tertiary/aromatic N) is 4. The van der Waals surface area contributed by atoms with Gasteiger partial charge in [-0.3, -0.25) is 14.4 Å². The number of fused-ring (bicyclic) bond motifs is 1. The van der Waals surface area contributed by atoms with Crippen LogP contribution >= 0.6 is 0 Å². The van der Waals surface area contributed by atoms with Gasteiger partial charge in [0.25, 0.3) is 0 Å². The highest BCUT2D eigenvalue weighted by atomic mass is 19.4. The Kier molecular flexibility index (Phi) is 3.84. The fourth-order valence-electron chi connectivity index (χ4n) is 2.41. The highest BCUT2D eigenvalue weighted by Crippen LogP contribution is 2.34. The number of likely N-dealkylation sites (N-methyl/N-ethyl adjacent to an activating group) is 1. The molecule has 0 aliphatic carbocycles. The third kappa shape index (κ3) is 2.93. The molecule has 3 rings (SSSR count). The number of rotatable bonds is 3. The Balaban J connectivity index is 1.88. The minimum absolute atomic E-state index is 0.000592. The van der Waals surface area contributed by atoms with Crippen LogP contribution in [-0.4, -0.2) is 34.5 Å². The molecule has 0 saturated carbocycles. The van der Waals surface area contributed by atoms with Gasteiger partial charge in [0, 0.05) is 30.8 Å². The van der Waals surface area contributed by atoms with Crippen molar-refractivity contribution in [2.75, 3.05) is 18.6 Å². The number of carbonyl (C=O) groups excluding carboxylic acids is 1. The number of hydrogen-bond acceptors (Lipinski definition) is 5. The Labute approximate surface area is 128 Å². The van der Waals surface area contributed by atoms with Gasteiger partial charge >= 0.3 is 6.18 Å². The Bertz CT molecular complexity index is 709. The van der Waals surface area contributed by atoms with E-state index in [1.54, 1.807) is 0 Å². The van der Waals surface area contributed by atoms with Gasteiger partial charge in [-0.1, -0.05) is 5.16 Å². The number of halogens is 3. The normalized spacial score (nSPS) is 14.6. The molecule has 0 unspecified atom stereocenters. The van der Waals surface area contributed by atoms with Crippen molar-refractivity contribution in [3.8, 4) is 0 Å².